The highest BCUT2D eigenvalue weighted by Gasteiger charge is 2.33. The van der Waals surface area contributed by atoms with Crippen LogP contribution in [0.25, 0.3) is 0 Å². The molecule has 1 aliphatic rings. The van der Waals surface area contributed by atoms with Gasteiger partial charge in [-0.2, -0.15) is 0 Å². The lowest BCUT2D eigenvalue weighted by Crippen LogP contribution is -3.26. The van der Waals surface area contributed by atoms with Crippen LogP contribution in [0.5, 0.6) is 0 Å². The topological polar surface area (TPSA) is 61.7 Å². The van der Waals surface area contributed by atoms with E-state index in [1.54, 1.807) is 16.9 Å². The molecule has 0 aliphatic carbocycles. The number of nitrogens with one attached hydrogen (secondary N) is 2. The summed E-state index contributed by atoms with van der Waals surface area (Å²) in [5, 5.41) is 12.3. The fourth-order valence-electron chi connectivity index (χ4n) is 3.64. The maximum atomic E-state index is 5.17. The van der Waals surface area contributed by atoms with Gasteiger partial charge in [-0.3, -0.25) is 4.90 Å². The summed E-state index contributed by atoms with van der Waals surface area (Å²) < 4.78 is 7.07. The number of tetrazole rings is 1. The highest BCUT2D eigenvalue weighted by Crippen LogP contribution is 2.09. The third-order valence-corrected chi connectivity index (χ3v) is 4.96. The van der Waals surface area contributed by atoms with Crippen LogP contribution in [0.3, 0.4) is 0 Å². The highest BCUT2D eigenvalue weighted by atomic mass is 16.5. The van der Waals surface area contributed by atoms with Crippen molar-refractivity contribution in [3.8, 4) is 0 Å². The first-order valence-electron chi connectivity index (χ1n) is 8.83. The van der Waals surface area contributed by atoms with Crippen molar-refractivity contribution in [2.24, 2.45) is 0 Å². The number of rotatable bonds is 7. The molecule has 1 aromatic heterocycles. The molecule has 0 radical (unpaired) electrons. The van der Waals surface area contributed by atoms with Gasteiger partial charge in [-0.1, -0.05) is 25.1 Å². The van der Waals surface area contributed by atoms with Gasteiger partial charge in [0.15, 0.2) is 0 Å². The SMILES string of the molecule is CC[C@@H](c1nnnn1CCOC)[NH+]1CC[NH+](c2ccccc2)CC1. The molecule has 1 fully saturated rings. The van der Waals surface area contributed by atoms with Gasteiger partial charge < -0.3 is 9.64 Å². The van der Waals surface area contributed by atoms with Gasteiger partial charge in [0.05, 0.1) is 13.2 Å². The van der Waals surface area contributed by atoms with Gasteiger partial charge >= 0.3 is 0 Å². The van der Waals surface area contributed by atoms with E-state index in [9.17, 15) is 0 Å². The van der Waals surface area contributed by atoms with Crippen LogP contribution in [0.15, 0.2) is 30.3 Å². The molecule has 1 saturated heterocycles. The van der Waals surface area contributed by atoms with Crippen LogP contribution in [-0.4, -0.2) is 60.1 Å². The fraction of sp³-hybridized carbons (Fsp3) is 0.588. The van der Waals surface area contributed by atoms with Crippen LogP contribution in [0.1, 0.15) is 25.2 Å². The van der Waals surface area contributed by atoms with Crippen LogP contribution < -0.4 is 9.80 Å². The molecule has 1 aliphatic heterocycles. The first kappa shape index (κ1) is 17.0. The van der Waals surface area contributed by atoms with E-state index < -0.39 is 0 Å². The highest BCUT2D eigenvalue weighted by molar-refractivity contribution is 5.27. The summed E-state index contributed by atoms with van der Waals surface area (Å²) in [6.07, 6.45) is 1.04. The summed E-state index contributed by atoms with van der Waals surface area (Å²) in [5.74, 6) is 0.993. The Morgan fingerprint density at radius 1 is 1.17 bits per heavy atom. The Morgan fingerprint density at radius 2 is 1.92 bits per heavy atom. The van der Waals surface area contributed by atoms with Crippen LogP contribution in [0.4, 0.5) is 5.69 Å². The predicted molar refractivity (Wildman–Crippen MR) is 90.2 cm³/mol. The molecular weight excluding hydrogens is 304 g/mol. The number of piperazine rings is 1. The van der Waals surface area contributed by atoms with Gasteiger partial charge in [0.25, 0.3) is 0 Å². The second kappa shape index (κ2) is 8.32. The molecule has 7 nitrogen and oxygen atoms in total. The number of ether oxygens (including phenoxy) is 1. The van der Waals surface area contributed by atoms with Gasteiger partial charge in [0.1, 0.15) is 37.9 Å². The third kappa shape index (κ3) is 3.80. The number of aromatic nitrogens is 4. The van der Waals surface area contributed by atoms with Gasteiger partial charge in [-0.25, -0.2) is 4.68 Å². The van der Waals surface area contributed by atoms with Gasteiger partial charge in [0, 0.05) is 13.5 Å². The molecule has 0 unspecified atom stereocenters. The Bertz CT molecular complexity index is 609. The maximum absolute atomic E-state index is 5.17. The van der Waals surface area contributed by atoms with Crippen molar-refractivity contribution >= 4 is 5.69 Å². The van der Waals surface area contributed by atoms with E-state index in [2.05, 4.69) is 52.8 Å². The molecule has 1 atom stereocenters. The lowest BCUT2D eigenvalue weighted by molar-refractivity contribution is -1.01. The Hall–Kier alpha value is -1.83. The van der Waals surface area contributed by atoms with Crippen molar-refractivity contribution in [1.82, 2.24) is 20.2 Å². The van der Waals surface area contributed by atoms with Gasteiger partial charge in [-0.05, 0) is 22.6 Å². The fourth-order valence-corrected chi connectivity index (χ4v) is 3.64. The standard InChI is InChI=1S/C17H26N6O/c1-3-16(17-18-19-20-23(17)13-14-24-2)22-11-9-21(10-12-22)15-7-5-4-6-8-15/h4-8,16H,3,9-14H2,1-2H3/p+2/t16-/m0/s1. The molecule has 1 aromatic carbocycles. The number of hydrogen-bond acceptors (Lipinski definition) is 4. The van der Waals surface area contributed by atoms with Crippen molar-refractivity contribution in [3.63, 3.8) is 0 Å². The molecule has 0 bridgehead atoms. The summed E-state index contributed by atoms with van der Waals surface area (Å²) >= 11 is 0. The average molecular weight is 332 g/mol. The molecule has 0 amide bonds. The van der Waals surface area contributed by atoms with E-state index in [-0.39, 0.29) is 0 Å². The van der Waals surface area contributed by atoms with Crippen molar-refractivity contribution < 1.29 is 14.5 Å². The second-order valence-electron chi connectivity index (χ2n) is 6.34. The zero-order valence-electron chi connectivity index (χ0n) is 14.6. The average Bonchev–Trinajstić information content (AvgIpc) is 3.10. The van der Waals surface area contributed by atoms with E-state index in [1.165, 1.54) is 5.69 Å². The number of nitrogens with zero attached hydrogens (tertiary/aromatic N) is 4. The molecule has 0 saturated carbocycles. The number of methoxy groups -OCH3 is 1. The van der Waals surface area contributed by atoms with Gasteiger partial charge in [-0.15, -0.1) is 5.10 Å². The van der Waals surface area contributed by atoms with Crippen molar-refractivity contribution in [1.29, 1.82) is 0 Å². The molecule has 24 heavy (non-hydrogen) atoms. The molecule has 2 heterocycles. The largest absolute Gasteiger partial charge is 0.383 e. The Kier molecular flexibility index (Phi) is 5.90. The lowest BCUT2D eigenvalue weighted by atomic mass is 10.1. The van der Waals surface area contributed by atoms with Gasteiger partial charge in [0.2, 0.25) is 5.82 Å². The summed E-state index contributed by atoms with van der Waals surface area (Å²) in [6.45, 7) is 8.15. The molecule has 0 spiro atoms. The predicted octanol–water partition coefficient (Wildman–Crippen LogP) is -1.11. The van der Waals surface area contributed by atoms with E-state index >= 15 is 0 Å². The smallest absolute Gasteiger partial charge is 0.209 e. The normalized spacial score (nSPS) is 22.4. The molecule has 2 N–H and O–H groups in total. The van der Waals surface area contributed by atoms with Crippen LogP contribution >= 0.6 is 0 Å². The molecular formula is C17H28N6O+2. The monoisotopic (exact) mass is 332 g/mol. The maximum Gasteiger partial charge on any atom is 0.209 e. The Morgan fingerprint density at radius 3 is 2.58 bits per heavy atom. The van der Waals surface area contributed by atoms with Crippen molar-refractivity contribution in [2.45, 2.75) is 25.9 Å². The van der Waals surface area contributed by atoms with Crippen molar-refractivity contribution in [3.05, 3.63) is 36.2 Å². The van der Waals surface area contributed by atoms with E-state index in [0.29, 0.717) is 19.2 Å². The molecule has 3 rings (SSSR count). The van der Waals surface area contributed by atoms with E-state index in [4.69, 9.17) is 4.74 Å². The summed E-state index contributed by atoms with van der Waals surface area (Å²) in [6, 6.07) is 11.1. The minimum absolute atomic E-state index is 0.356. The van der Waals surface area contributed by atoms with Crippen LogP contribution in [-0.2, 0) is 11.3 Å². The van der Waals surface area contributed by atoms with E-state index in [0.717, 1.165) is 38.4 Å². The second-order valence-corrected chi connectivity index (χ2v) is 6.34. The first-order valence-corrected chi connectivity index (χ1v) is 8.83. The number of quaternary nitrogens is 2. The first-order chi connectivity index (χ1) is 11.8. The third-order valence-electron chi connectivity index (χ3n) is 4.96. The molecule has 7 heteroatoms. The minimum Gasteiger partial charge on any atom is -0.383 e. The minimum atomic E-state index is 0.356. The van der Waals surface area contributed by atoms with Crippen LogP contribution in [0, 0.1) is 0 Å². The number of hydrogen-bond donors (Lipinski definition) is 2. The lowest BCUT2D eigenvalue weighted by Gasteiger charge is -2.33. The van der Waals surface area contributed by atoms with E-state index in [1.807, 2.05) is 4.68 Å². The molecule has 130 valence electrons. The van der Waals surface area contributed by atoms with Crippen LogP contribution in [0.2, 0.25) is 0 Å². The zero-order chi connectivity index (χ0) is 16.8. The molecule has 2 aromatic rings. The Labute approximate surface area is 143 Å². The number of benzene rings is 1. The summed E-state index contributed by atoms with van der Waals surface area (Å²) in [4.78, 5) is 3.17. The summed E-state index contributed by atoms with van der Waals surface area (Å²) in [7, 11) is 1.71. The quantitative estimate of drug-likeness (QED) is 0.675. The zero-order valence-corrected chi connectivity index (χ0v) is 14.6. The Balaban J connectivity index is 1.65. The number of para-hydroxylation sites is 1. The van der Waals surface area contributed by atoms with Crippen molar-refractivity contribution in [2.75, 3.05) is 39.9 Å². The summed E-state index contributed by atoms with van der Waals surface area (Å²) in [5.41, 5.74) is 1.40.